The van der Waals surface area contributed by atoms with E-state index in [1.165, 1.54) is 50.3 Å². The Labute approximate surface area is 233 Å². The molecule has 4 rings (SSSR count). The predicted molar refractivity (Wildman–Crippen MR) is 154 cm³/mol. The molecule has 0 N–H and O–H groups in total. The molecule has 0 spiro atoms. The van der Waals surface area contributed by atoms with E-state index in [4.69, 9.17) is 0 Å². The summed E-state index contributed by atoms with van der Waals surface area (Å²) in [6.45, 7) is 5.97. The van der Waals surface area contributed by atoms with Crippen molar-refractivity contribution in [3.63, 3.8) is 0 Å². The summed E-state index contributed by atoms with van der Waals surface area (Å²) in [5, 5.41) is 0. The van der Waals surface area contributed by atoms with Crippen LogP contribution in [-0.2, 0) is 6.42 Å². The first-order chi connectivity index (χ1) is 18.9. The zero-order valence-corrected chi connectivity index (χ0v) is 23.7. The molecule has 2 saturated carbocycles. The maximum atomic E-state index is 15.3. The number of unbranched alkanes of at least 4 members (excludes halogenated alkanes) is 4. The van der Waals surface area contributed by atoms with Gasteiger partial charge in [0, 0.05) is 11.1 Å². The Kier molecular flexibility index (Phi) is 11.1. The van der Waals surface area contributed by atoms with Gasteiger partial charge in [-0.3, -0.25) is 0 Å². The lowest BCUT2D eigenvalue weighted by molar-refractivity contribution is 0.156. The minimum atomic E-state index is -1.09. The van der Waals surface area contributed by atoms with E-state index in [9.17, 15) is 8.78 Å². The summed E-state index contributed by atoms with van der Waals surface area (Å²) < 4.78 is 60.3. The highest BCUT2D eigenvalue weighted by molar-refractivity contribution is 5.66. The maximum Gasteiger partial charge on any atom is 0.167 e. The third-order valence-corrected chi connectivity index (χ3v) is 9.66. The van der Waals surface area contributed by atoms with E-state index in [2.05, 4.69) is 13.5 Å². The summed E-state index contributed by atoms with van der Waals surface area (Å²) in [4.78, 5) is 0. The van der Waals surface area contributed by atoms with Gasteiger partial charge in [-0.2, -0.15) is 0 Å². The zero-order valence-electron chi connectivity index (χ0n) is 23.7. The van der Waals surface area contributed by atoms with E-state index in [-0.39, 0.29) is 17.0 Å². The molecule has 0 atom stereocenters. The van der Waals surface area contributed by atoms with Crippen molar-refractivity contribution in [3.05, 3.63) is 71.3 Å². The standard InChI is InChI=1S/C35H46F4/c1-3-5-7-8-9-11-28-20-21-30(34(38)32(28)36)31-23-22-29(33(37)35(31)39)27-18-16-26(17-19-27)25-14-12-24(13-15-25)10-6-4-2/h4,20-27H,2-3,5-19H2,1H3. The largest absolute Gasteiger partial charge is 0.203 e. The van der Waals surface area contributed by atoms with E-state index in [0.717, 1.165) is 76.0 Å². The number of rotatable bonds is 12. The van der Waals surface area contributed by atoms with Gasteiger partial charge in [-0.1, -0.05) is 75.8 Å². The molecule has 2 fully saturated rings. The first-order valence-electron chi connectivity index (χ1n) is 15.5. The molecular weight excluding hydrogens is 496 g/mol. The number of allylic oxidation sites excluding steroid dienone is 1. The summed E-state index contributed by atoms with van der Waals surface area (Å²) in [6.07, 6.45) is 18.9. The van der Waals surface area contributed by atoms with Gasteiger partial charge in [-0.25, -0.2) is 17.6 Å². The van der Waals surface area contributed by atoms with Crippen molar-refractivity contribution in [2.24, 2.45) is 17.8 Å². The molecule has 39 heavy (non-hydrogen) atoms. The van der Waals surface area contributed by atoms with Crippen LogP contribution in [-0.4, -0.2) is 0 Å². The topological polar surface area (TPSA) is 0 Å². The lowest BCUT2D eigenvalue weighted by Gasteiger charge is -2.38. The molecule has 0 nitrogen and oxygen atoms in total. The molecule has 2 aromatic rings. The first kappa shape index (κ1) is 29.9. The van der Waals surface area contributed by atoms with Crippen LogP contribution < -0.4 is 0 Å². The number of benzene rings is 2. The van der Waals surface area contributed by atoms with Gasteiger partial charge in [0.25, 0.3) is 0 Å². The van der Waals surface area contributed by atoms with E-state index >= 15 is 8.78 Å². The molecule has 4 heteroatoms. The normalized spacial score (nSPS) is 23.6. The summed E-state index contributed by atoms with van der Waals surface area (Å²) in [5.41, 5.74) is 0.265. The van der Waals surface area contributed by atoms with Gasteiger partial charge in [0.15, 0.2) is 23.3 Å². The monoisotopic (exact) mass is 542 g/mol. The van der Waals surface area contributed by atoms with Gasteiger partial charge < -0.3 is 0 Å². The molecule has 214 valence electrons. The molecule has 0 aliphatic heterocycles. The molecule has 0 radical (unpaired) electrons. The maximum absolute atomic E-state index is 15.3. The highest BCUT2D eigenvalue weighted by Gasteiger charge is 2.32. The molecule has 2 aliphatic rings. The molecule has 2 aromatic carbocycles. The van der Waals surface area contributed by atoms with Crippen molar-refractivity contribution >= 4 is 0 Å². The lowest BCUT2D eigenvalue weighted by Crippen LogP contribution is -2.25. The molecule has 0 aromatic heterocycles. The number of halogens is 4. The van der Waals surface area contributed by atoms with E-state index in [1.54, 1.807) is 6.07 Å². The van der Waals surface area contributed by atoms with Gasteiger partial charge >= 0.3 is 0 Å². The second-order valence-electron chi connectivity index (χ2n) is 12.2. The van der Waals surface area contributed by atoms with Crippen LogP contribution in [0.1, 0.15) is 120 Å². The van der Waals surface area contributed by atoms with Crippen LogP contribution in [0.2, 0.25) is 0 Å². The number of aryl methyl sites for hydroxylation is 1. The van der Waals surface area contributed by atoms with Crippen molar-refractivity contribution in [2.75, 3.05) is 0 Å². The van der Waals surface area contributed by atoms with Crippen LogP contribution in [0.5, 0.6) is 0 Å². The van der Waals surface area contributed by atoms with Crippen molar-refractivity contribution in [1.82, 2.24) is 0 Å². The second kappa shape index (κ2) is 14.5. The molecule has 0 heterocycles. The third kappa shape index (κ3) is 7.35. The van der Waals surface area contributed by atoms with Crippen molar-refractivity contribution in [2.45, 2.75) is 116 Å². The number of hydrogen-bond donors (Lipinski definition) is 0. The Morgan fingerprint density at radius 2 is 1.28 bits per heavy atom. The van der Waals surface area contributed by atoms with Gasteiger partial charge in [0.1, 0.15) is 0 Å². The van der Waals surface area contributed by atoms with Crippen LogP contribution >= 0.6 is 0 Å². The third-order valence-electron chi connectivity index (χ3n) is 9.66. The average molecular weight is 543 g/mol. The summed E-state index contributed by atoms with van der Waals surface area (Å²) in [7, 11) is 0. The van der Waals surface area contributed by atoms with Crippen LogP contribution in [0.4, 0.5) is 17.6 Å². The van der Waals surface area contributed by atoms with E-state index in [1.807, 2.05) is 6.08 Å². The summed E-state index contributed by atoms with van der Waals surface area (Å²) >= 11 is 0. The molecule has 2 aliphatic carbocycles. The van der Waals surface area contributed by atoms with Crippen LogP contribution in [0.15, 0.2) is 36.9 Å². The summed E-state index contributed by atoms with van der Waals surface area (Å²) in [5.74, 6) is -1.77. The van der Waals surface area contributed by atoms with E-state index < -0.39 is 23.3 Å². The second-order valence-corrected chi connectivity index (χ2v) is 12.2. The lowest BCUT2D eigenvalue weighted by atomic mass is 9.68. The predicted octanol–water partition coefficient (Wildman–Crippen LogP) is 11.5. The Morgan fingerprint density at radius 1 is 0.692 bits per heavy atom. The highest BCUT2D eigenvalue weighted by atomic mass is 19.2. The van der Waals surface area contributed by atoms with Crippen LogP contribution in [0.3, 0.4) is 0 Å². The van der Waals surface area contributed by atoms with Gasteiger partial charge in [0.2, 0.25) is 0 Å². The Balaban J connectivity index is 1.37. The van der Waals surface area contributed by atoms with Crippen LogP contribution in [0, 0.1) is 41.0 Å². The fourth-order valence-corrected chi connectivity index (χ4v) is 7.20. The SMILES string of the molecule is C=CCCC1CCC(C2CCC(c3ccc(-c4ccc(CCCCCCC)c(F)c4F)c(F)c3F)CC2)CC1. The molecule has 0 unspecified atom stereocenters. The molecule has 0 saturated heterocycles. The fraction of sp³-hybridized carbons (Fsp3) is 0.600. The Hall–Kier alpha value is -2.10. The quantitative estimate of drug-likeness (QED) is 0.142. The smallest absolute Gasteiger partial charge is 0.167 e. The first-order valence-corrected chi connectivity index (χ1v) is 15.5. The molecule has 0 amide bonds. The average Bonchev–Trinajstić information content (AvgIpc) is 2.96. The van der Waals surface area contributed by atoms with Crippen molar-refractivity contribution in [1.29, 1.82) is 0 Å². The van der Waals surface area contributed by atoms with Gasteiger partial charge in [-0.15, -0.1) is 6.58 Å². The minimum Gasteiger partial charge on any atom is -0.203 e. The Morgan fingerprint density at radius 3 is 1.92 bits per heavy atom. The Bertz CT molecular complexity index is 1070. The number of hydrogen-bond acceptors (Lipinski definition) is 0. The zero-order chi connectivity index (χ0) is 27.8. The highest BCUT2D eigenvalue weighted by Crippen LogP contribution is 2.45. The summed E-state index contributed by atoms with van der Waals surface area (Å²) in [6, 6.07) is 5.96. The van der Waals surface area contributed by atoms with Gasteiger partial charge in [-0.05, 0) is 99.0 Å². The van der Waals surface area contributed by atoms with Gasteiger partial charge in [0.05, 0.1) is 0 Å². The van der Waals surface area contributed by atoms with Crippen molar-refractivity contribution < 1.29 is 17.6 Å². The molecule has 0 bridgehead atoms. The van der Waals surface area contributed by atoms with Crippen LogP contribution in [0.25, 0.3) is 11.1 Å². The fourth-order valence-electron chi connectivity index (χ4n) is 7.20. The minimum absolute atomic E-state index is 0.0228. The van der Waals surface area contributed by atoms with E-state index in [0.29, 0.717) is 23.5 Å². The molecular formula is C35H46F4. The van der Waals surface area contributed by atoms with Crippen molar-refractivity contribution in [3.8, 4) is 11.1 Å².